The van der Waals surface area contributed by atoms with Gasteiger partial charge in [0.1, 0.15) is 11.9 Å². The lowest BCUT2D eigenvalue weighted by Gasteiger charge is -2.37. The summed E-state index contributed by atoms with van der Waals surface area (Å²) in [7, 11) is 1.34. The maximum Gasteiger partial charge on any atom is 0.327 e. The van der Waals surface area contributed by atoms with Crippen LogP contribution in [-0.4, -0.2) is 43.0 Å². The highest BCUT2D eigenvalue weighted by Gasteiger charge is 2.32. The molecule has 0 spiro atoms. The van der Waals surface area contributed by atoms with Crippen LogP contribution < -0.4 is 5.32 Å². The Hall–Kier alpha value is -1.95. The minimum Gasteiger partial charge on any atom is -0.468 e. The number of esters is 1. The molecule has 0 aliphatic carbocycles. The maximum absolute atomic E-state index is 13.1. The molecule has 1 fully saturated rings. The van der Waals surface area contributed by atoms with Crippen molar-refractivity contribution in [2.45, 2.75) is 31.8 Å². The zero-order valence-corrected chi connectivity index (χ0v) is 12.8. The van der Waals surface area contributed by atoms with E-state index in [2.05, 4.69) is 5.32 Å². The SMILES string of the molecule is COC(=O)[C@H](c1ccc(F)cc1)N1CCC[C@@H](NC(C)=O)C1. The second-order valence-electron chi connectivity index (χ2n) is 5.51. The number of piperidine rings is 1. The molecule has 1 aromatic carbocycles. The number of rotatable bonds is 4. The van der Waals surface area contributed by atoms with Gasteiger partial charge in [0.25, 0.3) is 0 Å². The van der Waals surface area contributed by atoms with E-state index in [1.54, 1.807) is 12.1 Å². The summed E-state index contributed by atoms with van der Waals surface area (Å²) in [6.07, 6.45) is 1.76. The molecule has 22 heavy (non-hydrogen) atoms. The van der Waals surface area contributed by atoms with Crippen LogP contribution in [0.2, 0.25) is 0 Å². The van der Waals surface area contributed by atoms with Crippen molar-refractivity contribution in [2.24, 2.45) is 0 Å². The third kappa shape index (κ3) is 4.04. The zero-order chi connectivity index (χ0) is 16.1. The second kappa shape index (κ2) is 7.35. The third-order valence-corrected chi connectivity index (χ3v) is 3.84. The van der Waals surface area contributed by atoms with Crippen molar-refractivity contribution in [3.05, 3.63) is 35.6 Å². The van der Waals surface area contributed by atoms with Gasteiger partial charge in [-0.25, -0.2) is 9.18 Å². The summed E-state index contributed by atoms with van der Waals surface area (Å²) in [4.78, 5) is 25.4. The molecule has 1 aliphatic rings. The molecule has 0 aromatic heterocycles. The maximum atomic E-state index is 13.1. The number of halogens is 1. The lowest BCUT2D eigenvalue weighted by atomic mass is 9.99. The highest BCUT2D eigenvalue weighted by Crippen LogP contribution is 2.26. The summed E-state index contributed by atoms with van der Waals surface area (Å²) >= 11 is 0. The number of nitrogens with one attached hydrogen (secondary N) is 1. The Kier molecular flexibility index (Phi) is 5.49. The van der Waals surface area contributed by atoms with Crippen LogP contribution in [0.25, 0.3) is 0 Å². The van der Waals surface area contributed by atoms with Crippen molar-refractivity contribution in [3.8, 4) is 0 Å². The van der Waals surface area contributed by atoms with Gasteiger partial charge in [0.05, 0.1) is 7.11 Å². The molecule has 1 heterocycles. The highest BCUT2D eigenvalue weighted by atomic mass is 19.1. The van der Waals surface area contributed by atoms with Gasteiger partial charge in [0, 0.05) is 19.5 Å². The first-order valence-electron chi connectivity index (χ1n) is 7.35. The van der Waals surface area contributed by atoms with E-state index in [9.17, 15) is 14.0 Å². The number of hydrogen-bond donors (Lipinski definition) is 1. The Bertz CT molecular complexity index is 533. The predicted molar refractivity (Wildman–Crippen MR) is 79.6 cm³/mol. The topological polar surface area (TPSA) is 58.6 Å². The standard InChI is InChI=1S/C16H21FN2O3/c1-11(20)18-14-4-3-9-19(10-14)15(16(21)22-2)12-5-7-13(17)8-6-12/h5-8,14-15H,3-4,9-10H2,1-2H3,(H,18,20)/t14-,15+/m1/s1. The quantitative estimate of drug-likeness (QED) is 0.859. The molecule has 1 amide bonds. The Morgan fingerprint density at radius 1 is 1.36 bits per heavy atom. The Morgan fingerprint density at radius 3 is 2.64 bits per heavy atom. The van der Waals surface area contributed by atoms with Crippen molar-refractivity contribution in [1.29, 1.82) is 0 Å². The van der Waals surface area contributed by atoms with Gasteiger partial charge >= 0.3 is 5.97 Å². The number of likely N-dealkylation sites (tertiary alicyclic amines) is 1. The number of benzene rings is 1. The van der Waals surface area contributed by atoms with Crippen LogP contribution in [0.4, 0.5) is 4.39 Å². The van der Waals surface area contributed by atoms with Crippen molar-refractivity contribution < 1.29 is 18.7 Å². The second-order valence-corrected chi connectivity index (χ2v) is 5.51. The summed E-state index contributed by atoms with van der Waals surface area (Å²) in [6, 6.07) is 5.29. The average Bonchev–Trinajstić information content (AvgIpc) is 2.49. The molecule has 0 unspecified atom stereocenters. The number of amides is 1. The van der Waals surface area contributed by atoms with Crippen molar-refractivity contribution in [1.82, 2.24) is 10.2 Å². The number of carbonyl (C=O) groups excluding carboxylic acids is 2. The van der Waals surface area contributed by atoms with Crippen LogP contribution >= 0.6 is 0 Å². The smallest absolute Gasteiger partial charge is 0.327 e. The molecule has 0 saturated carbocycles. The van der Waals surface area contributed by atoms with E-state index in [-0.39, 0.29) is 23.7 Å². The van der Waals surface area contributed by atoms with Gasteiger partial charge in [0.2, 0.25) is 5.91 Å². The molecule has 1 aromatic rings. The molecule has 2 rings (SSSR count). The van der Waals surface area contributed by atoms with Gasteiger partial charge in [-0.1, -0.05) is 12.1 Å². The van der Waals surface area contributed by atoms with E-state index in [1.165, 1.54) is 26.2 Å². The lowest BCUT2D eigenvalue weighted by molar-refractivity contribution is -0.148. The number of ether oxygens (including phenoxy) is 1. The van der Waals surface area contributed by atoms with E-state index in [0.29, 0.717) is 12.1 Å². The minimum absolute atomic E-state index is 0.0128. The molecule has 120 valence electrons. The third-order valence-electron chi connectivity index (χ3n) is 3.84. The fourth-order valence-electron chi connectivity index (χ4n) is 2.90. The summed E-state index contributed by atoms with van der Waals surface area (Å²) in [6.45, 7) is 2.78. The fraction of sp³-hybridized carbons (Fsp3) is 0.500. The molecule has 1 aliphatic heterocycles. The minimum atomic E-state index is -0.581. The van der Waals surface area contributed by atoms with Crippen LogP contribution in [-0.2, 0) is 14.3 Å². The predicted octanol–water partition coefficient (Wildman–Crippen LogP) is 1.64. The average molecular weight is 308 g/mol. The van der Waals surface area contributed by atoms with Crippen LogP contribution in [0.15, 0.2) is 24.3 Å². The summed E-state index contributed by atoms with van der Waals surface area (Å²) < 4.78 is 18.0. The molecule has 1 saturated heterocycles. The highest BCUT2D eigenvalue weighted by molar-refractivity contribution is 5.77. The normalized spacial score (nSPS) is 20.2. The van der Waals surface area contributed by atoms with Crippen molar-refractivity contribution in [3.63, 3.8) is 0 Å². The van der Waals surface area contributed by atoms with E-state index in [4.69, 9.17) is 4.74 Å². The van der Waals surface area contributed by atoms with Gasteiger partial charge in [-0.3, -0.25) is 9.69 Å². The van der Waals surface area contributed by atoms with Gasteiger partial charge in [0.15, 0.2) is 0 Å². The van der Waals surface area contributed by atoms with Crippen LogP contribution in [0.5, 0.6) is 0 Å². The summed E-state index contributed by atoms with van der Waals surface area (Å²) in [5, 5.41) is 2.89. The first-order valence-corrected chi connectivity index (χ1v) is 7.35. The first kappa shape index (κ1) is 16.4. The number of carbonyl (C=O) groups is 2. The van der Waals surface area contributed by atoms with Gasteiger partial charge < -0.3 is 10.1 Å². The fourth-order valence-corrected chi connectivity index (χ4v) is 2.90. The van der Waals surface area contributed by atoms with Crippen molar-refractivity contribution in [2.75, 3.05) is 20.2 Å². The van der Waals surface area contributed by atoms with Crippen LogP contribution in [0.3, 0.4) is 0 Å². The summed E-state index contributed by atoms with van der Waals surface area (Å²) in [5.41, 5.74) is 0.691. The van der Waals surface area contributed by atoms with Crippen LogP contribution in [0.1, 0.15) is 31.4 Å². The van der Waals surface area contributed by atoms with Gasteiger partial charge in [-0.15, -0.1) is 0 Å². The number of methoxy groups -OCH3 is 1. The molecule has 0 bridgehead atoms. The zero-order valence-electron chi connectivity index (χ0n) is 12.8. The Labute approximate surface area is 129 Å². The van der Waals surface area contributed by atoms with Crippen LogP contribution in [0, 0.1) is 5.82 Å². The molecule has 2 atom stereocenters. The molecular formula is C16H21FN2O3. The molecule has 1 N–H and O–H groups in total. The van der Waals surface area contributed by atoms with E-state index in [0.717, 1.165) is 19.4 Å². The lowest BCUT2D eigenvalue weighted by Crippen LogP contribution is -2.49. The number of nitrogens with zero attached hydrogens (tertiary/aromatic N) is 1. The Morgan fingerprint density at radius 2 is 2.05 bits per heavy atom. The van der Waals surface area contributed by atoms with Gasteiger partial charge in [-0.2, -0.15) is 0 Å². The largest absolute Gasteiger partial charge is 0.468 e. The van der Waals surface area contributed by atoms with E-state index >= 15 is 0 Å². The van der Waals surface area contributed by atoms with E-state index < -0.39 is 6.04 Å². The van der Waals surface area contributed by atoms with E-state index in [1.807, 2.05) is 4.90 Å². The van der Waals surface area contributed by atoms with Gasteiger partial charge in [-0.05, 0) is 37.1 Å². The summed E-state index contributed by atoms with van der Waals surface area (Å²) in [5.74, 6) is -0.805. The molecule has 0 radical (unpaired) electrons. The molecular weight excluding hydrogens is 287 g/mol. The monoisotopic (exact) mass is 308 g/mol. The first-order chi connectivity index (χ1) is 10.5. The molecule has 5 nitrogen and oxygen atoms in total. The Balaban J connectivity index is 2.19. The number of hydrogen-bond acceptors (Lipinski definition) is 4. The molecule has 6 heteroatoms. The van der Waals surface area contributed by atoms with Crippen molar-refractivity contribution >= 4 is 11.9 Å².